The Hall–Kier alpha value is -3.65. The van der Waals surface area contributed by atoms with Crippen LogP contribution >= 0.6 is 11.6 Å². The van der Waals surface area contributed by atoms with Crippen LogP contribution in [0.5, 0.6) is 5.75 Å². The molecule has 0 atom stereocenters. The van der Waals surface area contributed by atoms with Gasteiger partial charge in [-0.1, -0.05) is 23.7 Å². The number of ether oxygens (including phenoxy) is 1. The van der Waals surface area contributed by atoms with Crippen LogP contribution in [0, 0.1) is 0 Å². The lowest BCUT2D eigenvalue weighted by Crippen LogP contribution is -2.39. The van der Waals surface area contributed by atoms with Gasteiger partial charge in [-0.25, -0.2) is 19.9 Å². The van der Waals surface area contributed by atoms with E-state index in [1.165, 1.54) is 6.33 Å². The van der Waals surface area contributed by atoms with Crippen molar-refractivity contribution in [1.82, 2.24) is 19.9 Å². The molecule has 8 nitrogen and oxygen atoms in total. The third kappa shape index (κ3) is 4.97. The quantitative estimate of drug-likeness (QED) is 0.397. The number of nitrogens with zero attached hydrogens (tertiary/aromatic N) is 5. The number of halogens is 1. The lowest BCUT2D eigenvalue weighted by atomic mass is 9.99. The second-order valence-electron chi connectivity index (χ2n) is 8.42. The number of methoxy groups -OCH3 is 1. The largest absolute Gasteiger partial charge is 0.497 e. The number of hydrogen-bond acceptors (Lipinski definition) is 8. The minimum absolute atomic E-state index is 0.290. The number of nitrogens with one attached hydrogen (secondary N) is 1. The van der Waals surface area contributed by atoms with Crippen molar-refractivity contribution in [3.05, 3.63) is 71.4 Å². The van der Waals surface area contributed by atoms with Crippen LogP contribution in [-0.2, 0) is 6.42 Å². The van der Waals surface area contributed by atoms with Crippen LogP contribution in [0.15, 0.2) is 55.0 Å². The maximum atomic E-state index is 6.05. The predicted octanol–water partition coefficient (Wildman–Crippen LogP) is 4.34. The summed E-state index contributed by atoms with van der Waals surface area (Å²) < 4.78 is 5.49. The molecule has 1 aliphatic rings. The predicted molar refractivity (Wildman–Crippen MR) is 136 cm³/mol. The molecule has 5 rings (SSSR count). The van der Waals surface area contributed by atoms with Crippen molar-refractivity contribution in [2.75, 3.05) is 36.1 Å². The summed E-state index contributed by atoms with van der Waals surface area (Å²) in [6.07, 6.45) is 5.86. The van der Waals surface area contributed by atoms with Crippen LogP contribution in [0.4, 0.5) is 17.5 Å². The third-order valence-electron chi connectivity index (χ3n) is 6.14. The first kappa shape index (κ1) is 22.2. The van der Waals surface area contributed by atoms with Crippen molar-refractivity contribution in [2.45, 2.75) is 25.3 Å². The number of aromatic nitrogens is 4. The van der Waals surface area contributed by atoms with E-state index in [4.69, 9.17) is 22.1 Å². The molecule has 174 valence electrons. The number of benzene rings is 2. The van der Waals surface area contributed by atoms with Gasteiger partial charge in [-0.2, -0.15) is 0 Å². The lowest BCUT2D eigenvalue weighted by molar-refractivity contribution is 0.415. The molecule has 1 fully saturated rings. The summed E-state index contributed by atoms with van der Waals surface area (Å²) in [4.78, 5) is 19.0. The van der Waals surface area contributed by atoms with E-state index in [2.05, 4.69) is 54.4 Å². The molecule has 3 N–H and O–H groups in total. The number of piperidine rings is 1. The molecule has 0 aliphatic carbocycles. The summed E-state index contributed by atoms with van der Waals surface area (Å²) in [5.74, 6) is 2.00. The summed E-state index contributed by atoms with van der Waals surface area (Å²) in [5, 5.41) is 6.55. The zero-order chi connectivity index (χ0) is 23.5. The number of fused-ring (bicyclic) bond motifs is 1. The number of nitrogen functional groups attached to an aromatic ring is 1. The van der Waals surface area contributed by atoms with E-state index < -0.39 is 0 Å². The van der Waals surface area contributed by atoms with Gasteiger partial charge in [0, 0.05) is 48.9 Å². The normalized spacial score (nSPS) is 14.4. The number of nitrogens with two attached hydrogens (primary N) is 1. The Balaban J connectivity index is 1.38. The smallest absolute Gasteiger partial charge is 0.220 e. The summed E-state index contributed by atoms with van der Waals surface area (Å²) in [6, 6.07) is 14.6. The summed E-state index contributed by atoms with van der Waals surface area (Å²) >= 11 is 6.05. The molecule has 0 spiro atoms. The van der Waals surface area contributed by atoms with E-state index in [1.54, 1.807) is 13.3 Å². The highest BCUT2D eigenvalue weighted by atomic mass is 35.5. The molecule has 4 aromatic rings. The summed E-state index contributed by atoms with van der Waals surface area (Å²) in [6.45, 7) is 1.79. The SMILES string of the molecule is COc1ccc2cc(Cc3ccnc(N)n3)cc(NC3CCN(c4cc(Cl)ncn4)CC3)c2c1. The van der Waals surface area contributed by atoms with E-state index >= 15 is 0 Å². The highest BCUT2D eigenvalue weighted by molar-refractivity contribution is 6.29. The number of hydrogen-bond donors (Lipinski definition) is 2. The molecule has 9 heteroatoms. The Morgan fingerprint density at radius 3 is 2.71 bits per heavy atom. The van der Waals surface area contributed by atoms with Gasteiger partial charge < -0.3 is 20.7 Å². The second-order valence-corrected chi connectivity index (χ2v) is 8.81. The maximum absolute atomic E-state index is 6.05. The van der Waals surface area contributed by atoms with Gasteiger partial charge in [-0.3, -0.25) is 0 Å². The fraction of sp³-hybridized carbons (Fsp3) is 0.280. The van der Waals surface area contributed by atoms with Crippen LogP contribution in [0.2, 0.25) is 5.15 Å². The van der Waals surface area contributed by atoms with E-state index in [9.17, 15) is 0 Å². The van der Waals surface area contributed by atoms with Gasteiger partial charge in [0.25, 0.3) is 0 Å². The second kappa shape index (κ2) is 9.69. The average molecular weight is 476 g/mol. The Morgan fingerprint density at radius 2 is 1.94 bits per heavy atom. The van der Waals surface area contributed by atoms with Crippen molar-refractivity contribution in [2.24, 2.45) is 0 Å². The lowest BCUT2D eigenvalue weighted by Gasteiger charge is -2.34. The first-order valence-electron chi connectivity index (χ1n) is 11.2. The van der Waals surface area contributed by atoms with E-state index in [1.807, 2.05) is 18.2 Å². The molecule has 0 amide bonds. The van der Waals surface area contributed by atoms with Crippen molar-refractivity contribution >= 4 is 39.8 Å². The van der Waals surface area contributed by atoms with Crippen molar-refractivity contribution < 1.29 is 4.74 Å². The van der Waals surface area contributed by atoms with Crippen molar-refractivity contribution in [1.29, 1.82) is 0 Å². The fourth-order valence-electron chi connectivity index (χ4n) is 4.44. The van der Waals surface area contributed by atoms with Crippen molar-refractivity contribution in [3.8, 4) is 5.75 Å². The number of rotatable bonds is 6. The van der Waals surface area contributed by atoms with Gasteiger partial charge in [0.05, 0.1) is 12.8 Å². The number of anilines is 3. The van der Waals surface area contributed by atoms with Gasteiger partial charge in [0.15, 0.2) is 0 Å². The molecule has 0 radical (unpaired) electrons. The third-order valence-corrected chi connectivity index (χ3v) is 6.34. The fourth-order valence-corrected chi connectivity index (χ4v) is 4.58. The molecule has 1 saturated heterocycles. The molecule has 0 saturated carbocycles. The van der Waals surface area contributed by atoms with Crippen molar-refractivity contribution in [3.63, 3.8) is 0 Å². The van der Waals surface area contributed by atoms with Crippen LogP contribution in [0.3, 0.4) is 0 Å². The summed E-state index contributed by atoms with van der Waals surface area (Å²) in [5.41, 5.74) is 8.93. The van der Waals surface area contributed by atoms with Gasteiger partial charge in [0.2, 0.25) is 5.95 Å². The Kier molecular flexibility index (Phi) is 6.31. The van der Waals surface area contributed by atoms with E-state index in [0.29, 0.717) is 17.6 Å². The Labute approximate surface area is 203 Å². The monoisotopic (exact) mass is 475 g/mol. The zero-order valence-electron chi connectivity index (χ0n) is 18.9. The first-order valence-corrected chi connectivity index (χ1v) is 11.6. The topological polar surface area (TPSA) is 102 Å². The average Bonchev–Trinajstić information content (AvgIpc) is 2.84. The zero-order valence-corrected chi connectivity index (χ0v) is 19.7. The maximum Gasteiger partial charge on any atom is 0.220 e. The Morgan fingerprint density at radius 1 is 1.09 bits per heavy atom. The first-order chi connectivity index (χ1) is 16.6. The molecule has 0 bridgehead atoms. The van der Waals surface area contributed by atoms with Gasteiger partial charge in [-0.15, -0.1) is 0 Å². The minimum atomic E-state index is 0.290. The van der Waals surface area contributed by atoms with Crippen LogP contribution in [-0.4, -0.2) is 46.2 Å². The molecular formula is C25H26ClN7O. The molecule has 3 heterocycles. The van der Waals surface area contributed by atoms with Gasteiger partial charge >= 0.3 is 0 Å². The minimum Gasteiger partial charge on any atom is -0.497 e. The van der Waals surface area contributed by atoms with Crippen LogP contribution < -0.4 is 20.7 Å². The Bertz CT molecular complexity index is 1310. The highest BCUT2D eigenvalue weighted by Crippen LogP contribution is 2.32. The molecule has 0 unspecified atom stereocenters. The molecule has 1 aliphatic heterocycles. The van der Waals surface area contributed by atoms with Crippen LogP contribution in [0.1, 0.15) is 24.1 Å². The summed E-state index contributed by atoms with van der Waals surface area (Å²) in [7, 11) is 1.69. The molecule has 2 aromatic carbocycles. The highest BCUT2D eigenvalue weighted by Gasteiger charge is 2.21. The molecule has 34 heavy (non-hydrogen) atoms. The molecular weight excluding hydrogens is 450 g/mol. The van der Waals surface area contributed by atoms with E-state index in [0.717, 1.165) is 65.2 Å². The van der Waals surface area contributed by atoms with E-state index in [-0.39, 0.29) is 5.95 Å². The van der Waals surface area contributed by atoms with Gasteiger partial charge in [-0.05, 0) is 48.1 Å². The van der Waals surface area contributed by atoms with Crippen LogP contribution in [0.25, 0.3) is 10.8 Å². The standard InChI is InChI=1S/C25H26ClN7O/c1-34-20-3-2-17-10-16(11-19-4-7-28-25(27)32-19)12-22(21(17)13-20)31-18-5-8-33(9-6-18)24-14-23(26)29-15-30-24/h2-4,7,10,12-15,18,31H,5-6,8-9,11H2,1H3,(H2,27,28,32). The van der Waals surface area contributed by atoms with Gasteiger partial charge in [0.1, 0.15) is 23.0 Å². The molecule has 2 aromatic heterocycles.